The van der Waals surface area contributed by atoms with Gasteiger partial charge in [-0.05, 0) is 24.3 Å². The third-order valence-electron chi connectivity index (χ3n) is 2.19. The second-order valence-corrected chi connectivity index (χ2v) is 5.32. The molecule has 0 saturated heterocycles. The number of nitrogens with one attached hydrogen (secondary N) is 2. The van der Waals surface area contributed by atoms with Crippen molar-refractivity contribution in [2.75, 3.05) is 0 Å². The number of amides is 1. The van der Waals surface area contributed by atoms with Crippen LogP contribution in [0.1, 0.15) is 10.6 Å². The Hall–Kier alpha value is -2.26. The van der Waals surface area contributed by atoms with E-state index in [2.05, 4.69) is 0 Å². The Labute approximate surface area is 112 Å². The number of hydrogen-bond acceptors (Lipinski definition) is 4. The molecule has 0 atom stereocenters. The van der Waals surface area contributed by atoms with Crippen LogP contribution in [0.2, 0.25) is 0 Å². The normalized spacial score (nSPS) is 11.3. The highest BCUT2D eigenvalue weighted by Crippen LogP contribution is 2.12. The summed E-state index contributed by atoms with van der Waals surface area (Å²) >= 11 is 0. The zero-order valence-corrected chi connectivity index (χ0v) is 10.6. The van der Waals surface area contributed by atoms with E-state index in [0.717, 1.165) is 0 Å². The van der Waals surface area contributed by atoms with Crippen molar-refractivity contribution in [3.05, 3.63) is 54.0 Å². The monoisotopic (exact) mass is 302 g/mol. The van der Waals surface area contributed by atoms with Crippen LogP contribution in [-0.4, -0.2) is 14.3 Å². The Kier molecular flexibility index (Phi) is 3.81. The summed E-state index contributed by atoms with van der Waals surface area (Å²) in [6, 6.07) is 4.51. The van der Waals surface area contributed by atoms with E-state index >= 15 is 0 Å². The summed E-state index contributed by atoms with van der Waals surface area (Å²) in [5, 5.41) is 0. The first-order valence-electron chi connectivity index (χ1n) is 5.20. The number of sulfonamides is 1. The molecule has 0 unspecified atom stereocenters. The fourth-order valence-electron chi connectivity index (χ4n) is 1.33. The van der Waals surface area contributed by atoms with Crippen molar-refractivity contribution in [3.8, 4) is 0 Å². The number of hydrogen-bond donors (Lipinski definition) is 2. The maximum absolute atomic E-state index is 12.9. The zero-order chi connectivity index (χ0) is 14.8. The molecule has 0 spiro atoms. The van der Waals surface area contributed by atoms with Crippen molar-refractivity contribution < 1.29 is 26.4 Å². The SMILES string of the molecule is O=C(NNS(=O)(=O)c1cc(F)cc(F)c1)c1ccco1. The first-order chi connectivity index (χ1) is 9.38. The average molecular weight is 302 g/mol. The van der Waals surface area contributed by atoms with Gasteiger partial charge in [0.2, 0.25) is 0 Å². The second kappa shape index (κ2) is 5.39. The molecule has 0 aliphatic carbocycles. The third-order valence-corrected chi connectivity index (χ3v) is 3.42. The van der Waals surface area contributed by atoms with Crippen LogP contribution in [0.25, 0.3) is 0 Å². The molecule has 2 rings (SSSR count). The number of furan rings is 1. The van der Waals surface area contributed by atoms with Crippen molar-refractivity contribution in [2.45, 2.75) is 4.90 Å². The Morgan fingerprint density at radius 3 is 2.35 bits per heavy atom. The Balaban J connectivity index is 2.13. The molecular formula is C11H8F2N2O4S. The summed E-state index contributed by atoms with van der Waals surface area (Å²) in [6.45, 7) is 0. The smallest absolute Gasteiger partial charge is 0.301 e. The molecule has 0 radical (unpaired) electrons. The van der Waals surface area contributed by atoms with Crippen LogP contribution in [0.5, 0.6) is 0 Å². The van der Waals surface area contributed by atoms with Gasteiger partial charge in [-0.2, -0.15) is 0 Å². The molecular weight excluding hydrogens is 294 g/mol. The average Bonchev–Trinajstić information content (AvgIpc) is 2.88. The van der Waals surface area contributed by atoms with Crippen molar-refractivity contribution in [3.63, 3.8) is 0 Å². The number of hydrazine groups is 1. The van der Waals surface area contributed by atoms with Gasteiger partial charge in [-0.15, -0.1) is 4.83 Å². The van der Waals surface area contributed by atoms with Gasteiger partial charge in [0.1, 0.15) is 11.6 Å². The van der Waals surface area contributed by atoms with E-state index in [4.69, 9.17) is 4.42 Å². The highest BCUT2D eigenvalue weighted by Gasteiger charge is 2.18. The second-order valence-electron chi connectivity index (χ2n) is 3.64. The van der Waals surface area contributed by atoms with E-state index in [1.165, 1.54) is 18.4 Å². The maximum atomic E-state index is 12.9. The lowest BCUT2D eigenvalue weighted by Crippen LogP contribution is -2.41. The number of carbonyl (C=O) groups is 1. The molecule has 0 bridgehead atoms. The van der Waals surface area contributed by atoms with Gasteiger partial charge in [0.05, 0.1) is 11.2 Å². The van der Waals surface area contributed by atoms with E-state index in [1.54, 1.807) is 4.83 Å². The summed E-state index contributed by atoms with van der Waals surface area (Å²) < 4.78 is 54.1. The van der Waals surface area contributed by atoms with Gasteiger partial charge in [-0.1, -0.05) is 0 Å². The maximum Gasteiger partial charge on any atom is 0.301 e. The number of carbonyl (C=O) groups excluding carboxylic acids is 1. The van der Waals surface area contributed by atoms with E-state index in [0.29, 0.717) is 18.2 Å². The Morgan fingerprint density at radius 1 is 1.15 bits per heavy atom. The summed E-state index contributed by atoms with van der Waals surface area (Å²) in [5.41, 5.74) is 1.85. The largest absolute Gasteiger partial charge is 0.459 e. The van der Waals surface area contributed by atoms with Gasteiger partial charge in [-0.3, -0.25) is 10.2 Å². The van der Waals surface area contributed by atoms with Crippen LogP contribution in [-0.2, 0) is 10.0 Å². The van der Waals surface area contributed by atoms with Crippen LogP contribution >= 0.6 is 0 Å². The molecule has 106 valence electrons. The Morgan fingerprint density at radius 2 is 1.80 bits per heavy atom. The van der Waals surface area contributed by atoms with Gasteiger partial charge in [0, 0.05) is 6.07 Å². The minimum atomic E-state index is -4.30. The lowest BCUT2D eigenvalue weighted by molar-refractivity contribution is 0.0917. The summed E-state index contributed by atoms with van der Waals surface area (Å²) in [5.74, 6) is -3.08. The number of rotatable bonds is 4. The molecule has 9 heteroatoms. The molecule has 6 nitrogen and oxygen atoms in total. The fourth-order valence-corrected chi connectivity index (χ4v) is 2.21. The molecule has 1 aromatic carbocycles. The third kappa shape index (κ3) is 3.19. The van der Waals surface area contributed by atoms with Gasteiger partial charge >= 0.3 is 5.91 Å². The zero-order valence-electron chi connectivity index (χ0n) is 9.76. The molecule has 0 saturated carbocycles. The Bertz CT molecular complexity index is 709. The summed E-state index contributed by atoms with van der Waals surface area (Å²) in [7, 11) is -4.30. The highest BCUT2D eigenvalue weighted by atomic mass is 32.2. The quantitative estimate of drug-likeness (QED) is 0.830. The minimum absolute atomic E-state index is 0.127. The molecule has 0 fully saturated rings. The molecule has 0 aliphatic rings. The lowest BCUT2D eigenvalue weighted by atomic mass is 10.3. The first kappa shape index (κ1) is 14.2. The van der Waals surface area contributed by atoms with E-state index < -0.39 is 32.5 Å². The molecule has 1 amide bonds. The predicted molar refractivity (Wildman–Crippen MR) is 62.9 cm³/mol. The number of benzene rings is 1. The number of halogens is 2. The van der Waals surface area contributed by atoms with Crippen molar-refractivity contribution in [1.82, 2.24) is 10.3 Å². The van der Waals surface area contributed by atoms with Crippen LogP contribution in [0.4, 0.5) is 8.78 Å². The fraction of sp³-hybridized carbons (Fsp3) is 0. The van der Waals surface area contributed by atoms with Gasteiger partial charge in [0.15, 0.2) is 5.76 Å². The lowest BCUT2D eigenvalue weighted by Gasteiger charge is -2.07. The summed E-state index contributed by atoms with van der Waals surface area (Å²) in [4.78, 5) is 12.5. The molecule has 2 N–H and O–H groups in total. The predicted octanol–water partition coefficient (Wildman–Crippen LogP) is 1.18. The van der Waals surface area contributed by atoms with Crippen LogP contribution < -0.4 is 10.3 Å². The summed E-state index contributed by atoms with van der Waals surface area (Å²) in [6.07, 6.45) is 1.23. The molecule has 1 heterocycles. The van der Waals surface area contributed by atoms with E-state index in [1.807, 2.05) is 5.43 Å². The topological polar surface area (TPSA) is 88.4 Å². The minimum Gasteiger partial charge on any atom is -0.459 e. The van der Waals surface area contributed by atoms with Gasteiger partial charge < -0.3 is 4.42 Å². The van der Waals surface area contributed by atoms with Crippen molar-refractivity contribution in [1.29, 1.82) is 0 Å². The molecule has 20 heavy (non-hydrogen) atoms. The highest BCUT2D eigenvalue weighted by molar-refractivity contribution is 7.89. The molecule has 2 aromatic rings. The molecule has 0 aliphatic heterocycles. The van der Waals surface area contributed by atoms with Crippen molar-refractivity contribution >= 4 is 15.9 Å². The van der Waals surface area contributed by atoms with E-state index in [-0.39, 0.29) is 5.76 Å². The van der Waals surface area contributed by atoms with Crippen LogP contribution in [0, 0.1) is 11.6 Å². The van der Waals surface area contributed by atoms with Crippen LogP contribution in [0.15, 0.2) is 45.9 Å². The van der Waals surface area contributed by atoms with Gasteiger partial charge in [-0.25, -0.2) is 17.2 Å². The van der Waals surface area contributed by atoms with E-state index in [9.17, 15) is 22.0 Å². The van der Waals surface area contributed by atoms with Crippen molar-refractivity contribution in [2.24, 2.45) is 0 Å². The van der Waals surface area contributed by atoms with Crippen LogP contribution in [0.3, 0.4) is 0 Å². The molecule has 1 aromatic heterocycles. The standard InChI is InChI=1S/C11H8F2N2O4S/c12-7-4-8(13)6-9(5-7)20(17,18)15-14-11(16)10-2-1-3-19-10/h1-6,15H,(H,14,16). The van der Waals surface area contributed by atoms with Gasteiger partial charge in [0.25, 0.3) is 10.0 Å². The first-order valence-corrected chi connectivity index (χ1v) is 6.68.